The monoisotopic (exact) mass is 338 g/mol. The van der Waals surface area contributed by atoms with Crippen LogP contribution in [0, 0.1) is 11.8 Å². The van der Waals surface area contributed by atoms with E-state index < -0.39 is 6.10 Å². The number of hydrogen-bond donors (Lipinski definition) is 2. The predicted molar refractivity (Wildman–Crippen MR) is 93.7 cm³/mol. The van der Waals surface area contributed by atoms with Gasteiger partial charge in [-0.15, -0.1) is 0 Å². The number of likely N-dealkylation sites (tertiary alicyclic amines) is 1. The minimum Gasteiger partial charge on any atom is -0.383 e. The van der Waals surface area contributed by atoms with Crippen LogP contribution in [0.4, 0.5) is 0 Å². The van der Waals surface area contributed by atoms with Gasteiger partial charge in [0.2, 0.25) is 5.91 Å². The van der Waals surface area contributed by atoms with Crippen molar-refractivity contribution in [2.75, 3.05) is 26.2 Å². The van der Waals surface area contributed by atoms with E-state index >= 15 is 0 Å². The summed E-state index contributed by atoms with van der Waals surface area (Å²) in [5.41, 5.74) is 0. The highest BCUT2D eigenvalue weighted by atomic mass is 16.5. The van der Waals surface area contributed by atoms with Crippen molar-refractivity contribution in [2.45, 2.75) is 76.5 Å². The SMILES string of the molecule is CC1CCCCC1OCCN1CCC(C(O)C(=O)NC2CC2)CC1. The van der Waals surface area contributed by atoms with Gasteiger partial charge in [-0.25, -0.2) is 0 Å². The van der Waals surface area contributed by atoms with E-state index in [1.807, 2.05) is 0 Å². The van der Waals surface area contributed by atoms with Gasteiger partial charge in [0.1, 0.15) is 6.10 Å². The molecule has 0 aromatic rings. The van der Waals surface area contributed by atoms with Crippen LogP contribution in [0.5, 0.6) is 0 Å². The standard InChI is InChI=1S/C19H34N2O3/c1-14-4-2-3-5-17(14)24-13-12-21-10-8-15(9-11-21)18(22)19(23)20-16-6-7-16/h14-18,22H,2-13H2,1H3,(H,20,23). The Morgan fingerprint density at radius 2 is 1.88 bits per heavy atom. The summed E-state index contributed by atoms with van der Waals surface area (Å²) in [5, 5.41) is 13.1. The van der Waals surface area contributed by atoms with E-state index in [2.05, 4.69) is 17.1 Å². The van der Waals surface area contributed by atoms with Gasteiger partial charge in [0.25, 0.3) is 0 Å². The summed E-state index contributed by atoms with van der Waals surface area (Å²) in [7, 11) is 0. The van der Waals surface area contributed by atoms with E-state index in [1.54, 1.807) is 0 Å². The molecule has 1 saturated heterocycles. The van der Waals surface area contributed by atoms with E-state index in [0.29, 0.717) is 18.1 Å². The number of amides is 1. The molecular formula is C19H34N2O3. The Labute approximate surface area is 146 Å². The fourth-order valence-electron chi connectivity index (χ4n) is 4.08. The smallest absolute Gasteiger partial charge is 0.249 e. The maximum atomic E-state index is 12.0. The van der Waals surface area contributed by atoms with Crippen molar-refractivity contribution in [3.05, 3.63) is 0 Å². The Balaban J connectivity index is 1.30. The first kappa shape index (κ1) is 18.2. The zero-order valence-electron chi connectivity index (χ0n) is 15.1. The lowest BCUT2D eigenvalue weighted by atomic mass is 9.88. The van der Waals surface area contributed by atoms with E-state index in [-0.39, 0.29) is 11.8 Å². The summed E-state index contributed by atoms with van der Waals surface area (Å²) in [5.74, 6) is 0.648. The van der Waals surface area contributed by atoms with Gasteiger partial charge in [-0.3, -0.25) is 4.79 Å². The van der Waals surface area contributed by atoms with Crippen molar-refractivity contribution < 1.29 is 14.6 Å². The third-order valence-electron chi connectivity index (χ3n) is 6.04. The molecule has 3 fully saturated rings. The van der Waals surface area contributed by atoms with E-state index in [4.69, 9.17) is 4.74 Å². The highest BCUT2D eigenvalue weighted by molar-refractivity contribution is 5.81. The van der Waals surface area contributed by atoms with Crippen LogP contribution in [-0.4, -0.2) is 60.4 Å². The van der Waals surface area contributed by atoms with Crippen LogP contribution in [0.25, 0.3) is 0 Å². The highest BCUT2D eigenvalue weighted by Crippen LogP contribution is 2.27. The minimum absolute atomic E-state index is 0.110. The maximum absolute atomic E-state index is 12.0. The fourth-order valence-corrected chi connectivity index (χ4v) is 4.08. The normalized spacial score (nSPS) is 30.9. The van der Waals surface area contributed by atoms with E-state index in [1.165, 1.54) is 25.7 Å². The molecule has 3 rings (SSSR count). The molecule has 3 unspecified atom stereocenters. The third-order valence-corrected chi connectivity index (χ3v) is 6.04. The summed E-state index contributed by atoms with van der Waals surface area (Å²) < 4.78 is 6.11. The number of hydrogen-bond acceptors (Lipinski definition) is 4. The molecule has 5 nitrogen and oxygen atoms in total. The summed E-state index contributed by atoms with van der Waals surface area (Å²) in [6.07, 6.45) is 8.73. The van der Waals surface area contributed by atoms with Gasteiger partial charge in [-0.05, 0) is 63.5 Å². The van der Waals surface area contributed by atoms with Gasteiger partial charge in [0, 0.05) is 12.6 Å². The molecule has 0 radical (unpaired) electrons. The molecular weight excluding hydrogens is 304 g/mol. The molecule has 1 aliphatic heterocycles. The molecule has 1 amide bonds. The number of nitrogens with zero attached hydrogens (tertiary/aromatic N) is 1. The Bertz CT molecular complexity index is 405. The van der Waals surface area contributed by atoms with Gasteiger partial charge in [0.05, 0.1) is 12.7 Å². The van der Waals surface area contributed by atoms with Crippen molar-refractivity contribution in [3.8, 4) is 0 Å². The van der Waals surface area contributed by atoms with Crippen LogP contribution in [0.2, 0.25) is 0 Å². The molecule has 1 heterocycles. The first-order chi connectivity index (χ1) is 11.6. The van der Waals surface area contributed by atoms with Gasteiger partial charge in [-0.2, -0.15) is 0 Å². The lowest BCUT2D eigenvalue weighted by molar-refractivity contribution is -0.133. The quantitative estimate of drug-likeness (QED) is 0.745. The molecule has 2 saturated carbocycles. The fraction of sp³-hybridized carbons (Fsp3) is 0.947. The first-order valence-corrected chi connectivity index (χ1v) is 9.96. The zero-order chi connectivity index (χ0) is 16.9. The first-order valence-electron chi connectivity index (χ1n) is 9.96. The molecule has 5 heteroatoms. The summed E-state index contributed by atoms with van der Waals surface area (Å²) in [6.45, 7) is 6.01. The van der Waals surface area contributed by atoms with Crippen molar-refractivity contribution in [3.63, 3.8) is 0 Å². The van der Waals surface area contributed by atoms with Crippen LogP contribution < -0.4 is 5.32 Å². The van der Waals surface area contributed by atoms with E-state index in [0.717, 1.165) is 51.9 Å². The molecule has 0 bridgehead atoms. The van der Waals surface area contributed by atoms with Gasteiger partial charge < -0.3 is 20.1 Å². The predicted octanol–water partition coefficient (Wildman–Crippen LogP) is 1.93. The average Bonchev–Trinajstić information content (AvgIpc) is 3.40. The van der Waals surface area contributed by atoms with Crippen molar-refractivity contribution in [1.82, 2.24) is 10.2 Å². The summed E-state index contributed by atoms with van der Waals surface area (Å²) in [4.78, 5) is 14.4. The zero-order valence-corrected chi connectivity index (χ0v) is 15.1. The van der Waals surface area contributed by atoms with Crippen LogP contribution in [0.3, 0.4) is 0 Å². The Morgan fingerprint density at radius 1 is 1.17 bits per heavy atom. The molecule has 0 aromatic carbocycles. The van der Waals surface area contributed by atoms with Crippen molar-refractivity contribution >= 4 is 5.91 Å². The number of carbonyl (C=O) groups is 1. The number of carbonyl (C=O) groups excluding carboxylic acids is 1. The van der Waals surface area contributed by atoms with Crippen LogP contribution in [0.15, 0.2) is 0 Å². The molecule has 138 valence electrons. The van der Waals surface area contributed by atoms with Gasteiger partial charge in [0.15, 0.2) is 0 Å². The number of ether oxygens (including phenoxy) is 1. The maximum Gasteiger partial charge on any atom is 0.249 e. The average molecular weight is 338 g/mol. The van der Waals surface area contributed by atoms with Gasteiger partial charge in [-0.1, -0.05) is 19.8 Å². The summed E-state index contributed by atoms with van der Waals surface area (Å²) in [6, 6.07) is 0.326. The molecule has 2 N–H and O–H groups in total. The molecule has 2 aliphatic carbocycles. The molecule has 0 aromatic heterocycles. The van der Waals surface area contributed by atoms with Crippen molar-refractivity contribution in [1.29, 1.82) is 0 Å². The van der Waals surface area contributed by atoms with E-state index in [9.17, 15) is 9.90 Å². The lowest BCUT2D eigenvalue weighted by Crippen LogP contribution is -2.45. The number of aliphatic hydroxyl groups excluding tert-OH is 1. The number of rotatable bonds is 7. The summed E-state index contributed by atoms with van der Waals surface area (Å²) >= 11 is 0. The minimum atomic E-state index is -0.827. The van der Waals surface area contributed by atoms with Crippen LogP contribution >= 0.6 is 0 Å². The second-order valence-corrected chi connectivity index (χ2v) is 8.08. The topological polar surface area (TPSA) is 61.8 Å². The molecule has 3 aliphatic rings. The second-order valence-electron chi connectivity index (χ2n) is 8.08. The Hall–Kier alpha value is -0.650. The Kier molecular flexibility index (Phi) is 6.53. The second kappa shape index (κ2) is 8.63. The Morgan fingerprint density at radius 3 is 2.54 bits per heavy atom. The molecule has 24 heavy (non-hydrogen) atoms. The molecule has 3 atom stereocenters. The lowest BCUT2D eigenvalue weighted by Gasteiger charge is -2.34. The van der Waals surface area contributed by atoms with Gasteiger partial charge >= 0.3 is 0 Å². The van der Waals surface area contributed by atoms with Crippen LogP contribution in [-0.2, 0) is 9.53 Å². The third kappa shape index (κ3) is 5.17. The molecule has 0 spiro atoms. The highest BCUT2D eigenvalue weighted by Gasteiger charge is 2.33. The van der Waals surface area contributed by atoms with Crippen molar-refractivity contribution in [2.24, 2.45) is 11.8 Å². The van der Waals surface area contributed by atoms with Crippen LogP contribution in [0.1, 0.15) is 58.3 Å². The number of nitrogens with one attached hydrogen (secondary N) is 1. The number of piperidine rings is 1. The number of aliphatic hydroxyl groups is 1. The largest absolute Gasteiger partial charge is 0.383 e.